The van der Waals surface area contributed by atoms with E-state index in [2.05, 4.69) is 11.0 Å². The van der Waals surface area contributed by atoms with E-state index in [1.807, 2.05) is 11.7 Å². The van der Waals surface area contributed by atoms with Gasteiger partial charge in [0.05, 0.1) is 18.9 Å². The standard InChI is InChI=1S/C23H32FN3O2/c1-26-20(11-13-28-21-9-7-19(24)8-10-21)15-22(25-26)23-17-27(12-14-29-23)16-18-5-3-2-4-6-18/h7-10,15,18,23H,2-6,11-14,16-17H2,1H3/t23-/m1/s1. The van der Waals surface area contributed by atoms with Gasteiger partial charge in [-0.25, -0.2) is 4.39 Å². The Morgan fingerprint density at radius 1 is 1.17 bits per heavy atom. The molecule has 0 bridgehead atoms. The fourth-order valence-corrected chi connectivity index (χ4v) is 4.51. The van der Waals surface area contributed by atoms with Gasteiger partial charge < -0.3 is 9.47 Å². The molecule has 1 aromatic carbocycles. The van der Waals surface area contributed by atoms with Gasteiger partial charge in [-0.05, 0) is 49.1 Å². The van der Waals surface area contributed by atoms with Gasteiger partial charge in [-0.3, -0.25) is 9.58 Å². The van der Waals surface area contributed by atoms with Crippen LogP contribution in [0.25, 0.3) is 0 Å². The molecular formula is C23H32FN3O2. The molecule has 4 rings (SSSR count). The fraction of sp³-hybridized carbons (Fsp3) is 0.609. The van der Waals surface area contributed by atoms with Crippen LogP contribution in [-0.2, 0) is 18.2 Å². The molecule has 158 valence electrons. The Kier molecular flexibility index (Phi) is 6.82. The molecule has 6 heteroatoms. The molecule has 2 aromatic rings. The third-order valence-electron chi connectivity index (χ3n) is 6.16. The molecule has 1 atom stereocenters. The third kappa shape index (κ3) is 5.58. The van der Waals surface area contributed by atoms with Crippen molar-refractivity contribution in [2.45, 2.75) is 44.6 Å². The Bertz CT molecular complexity index is 771. The smallest absolute Gasteiger partial charge is 0.123 e. The first kappa shape index (κ1) is 20.4. The maximum Gasteiger partial charge on any atom is 0.123 e. The van der Waals surface area contributed by atoms with E-state index in [0.717, 1.165) is 43.4 Å². The molecule has 2 heterocycles. The molecule has 1 saturated carbocycles. The average molecular weight is 402 g/mol. The first-order chi connectivity index (χ1) is 14.2. The molecule has 0 unspecified atom stereocenters. The Hall–Kier alpha value is -1.92. The van der Waals surface area contributed by atoms with E-state index in [0.29, 0.717) is 12.4 Å². The van der Waals surface area contributed by atoms with Crippen molar-refractivity contribution in [3.05, 3.63) is 47.5 Å². The van der Waals surface area contributed by atoms with Gasteiger partial charge in [0, 0.05) is 38.8 Å². The summed E-state index contributed by atoms with van der Waals surface area (Å²) < 4.78 is 26.7. The maximum atomic E-state index is 13.0. The van der Waals surface area contributed by atoms with Crippen LogP contribution in [0.5, 0.6) is 5.75 Å². The van der Waals surface area contributed by atoms with Gasteiger partial charge in [0.25, 0.3) is 0 Å². The number of morpholine rings is 1. The van der Waals surface area contributed by atoms with E-state index in [1.54, 1.807) is 12.1 Å². The van der Waals surface area contributed by atoms with Crippen LogP contribution in [0.15, 0.2) is 30.3 Å². The molecule has 1 aromatic heterocycles. The molecule has 1 aliphatic carbocycles. The molecule has 29 heavy (non-hydrogen) atoms. The number of hydrogen-bond donors (Lipinski definition) is 0. The van der Waals surface area contributed by atoms with Gasteiger partial charge in [0.1, 0.15) is 17.7 Å². The lowest BCUT2D eigenvalue weighted by Crippen LogP contribution is -2.41. The average Bonchev–Trinajstić information content (AvgIpc) is 3.11. The Labute approximate surface area is 172 Å². The Morgan fingerprint density at radius 2 is 1.97 bits per heavy atom. The number of hydrogen-bond acceptors (Lipinski definition) is 4. The first-order valence-electron chi connectivity index (χ1n) is 10.9. The molecule has 2 aliphatic rings. The third-order valence-corrected chi connectivity index (χ3v) is 6.16. The van der Waals surface area contributed by atoms with Crippen molar-refractivity contribution in [1.82, 2.24) is 14.7 Å². The monoisotopic (exact) mass is 401 g/mol. The summed E-state index contributed by atoms with van der Waals surface area (Å²) in [5.41, 5.74) is 2.13. The molecule has 0 amide bonds. The molecule has 2 fully saturated rings. The summed E-state index contributed by atoms with van der Waals surface area (Å²) in [6.45, 7) is 4.46. The SMILES string of the molecule is Cn1nc([C@H]2CN(CC3CCCCC3)CCO2)cc1CCOc1ccc(F)cc1. The van der Waals surface area contributed by atoms with Gasteiger partial charge in [-0.1, -0.05) is 19.3 Å². The number of halogens is 1. The molecule has 0 radical (unpaired) electrons. The molecular weight excluding hydrogens is 369 g/mol. The second-order valence-corrected chi connectivity index (χ2v) is 8.36. The highest BCUT2D eigenvalue weighted by Gasteiger charge is 2.26. The number of ether oxygens (including phenoxy) is 2. The number of aryl methyl sites for hydroxylation is 1. The summed E-state index contributed by atoms with van der Waals surface area (Å²) in [7, 11) is 1.97. The van der Waals surface area contributed by atoms with Crippen LogP contribution >= 0.6 is 0 Å². The zero-order valence-electron chi connectivity index (χ0n) is 17.4. The molecule has 1 aliphatic heterocycles. The van der Waals surface area contributed by atoms with Crippen LogP contribution in [0.4, 0.5) is 4.39 Å². The molecule has 0 spiro atoms. The van der Waals surface area contributed by atoms with E-state index in [4.69, 9.17) is 14.6 Å². The van der Waals surface area contributed by atoms with Crippen molar-refractivity contribution in [2.75, 3.05) is 32.8 Å². The maximum absolute atomic E-state index is 13.0. The summed E-state index contributed by atoms with van der Waals surface area (Å²) in [4.78, 5) is 2.57. The highest BCUT2D eigenvalue weighted by molar-refractivity contribution is 5.22. The van der Waals surface area contributed by atoms with Crippen molar-refractivity contribution < 1.29 is 13.9 Å². The van der Waals surface area contributed by atoms with Crippen molar-refractivity contribution in [3.63, 3.8) is 0 Å². The van der Waals surface area contributed by atoms with Crippen LogP contribution in [-0.4, -0.2) is 47.5 Å². The van der Waals surface area contributed by atoms with Crippen LogP contribution in [0.1, 0.15) is 49.6 Å². The van der Waals surface area contributed by atoms with E-state index >= 15 is 0 Å². The van der Waals surface area contributed by atoms with E-state index in [1.165, 1.54) is 50.8 Å². The van der Waals surface area contributed by atoms with Crippen molar-refractivity contribution in [2.24, 2.45) is 13.0 Å². The number of aromatic nitrogens is 2. The minimum atomic E-state index is -0.251. The Balaban J connectivity index is 1.29. The van der Waals surface area contributed by atoms with Crippen LogP contribution < -0.4 is 4.74 Å². The summed E-state index contributed by atoms with van der Waals surface area (Å²) in [6, 6.07) is 8.28. The Morgan fingerprint density at radius 3 is 2.76 bits per heavy atom. The summed E-state index contributed by atoms with van der Waals surface area (Å²) >= 11 is 0. The lowest BCUT2D eigenvalue weighted by molar-refractivity contribution is -0.0381. The number of rotatable bonds is 7. The quantitative estimate of drug-likeness (QED) is 0.699. The van der Waals surface area contributed by atoms with Crippen molar-refractivity contribution in [3.8, 4) is 5.75 Å². The predicted octanol–water partition coefficient (Wildman–Crippen LogP) is 4.13. The predicted molar refractivity (Wildman–Crippen MR) is 111 cm³/mol. The molecule has 0 N–H and O–H groups in total. The molecule has 5 nitrogen and oxygen atoms in total. The lowest BCUT2D eigenvalue weighted by Gasteiger charge is -2.35. The van der Waals surface area contributed by atoms with E-state index in [-0.39, 0.29) is 11.9 Å². The van der Waals surface area contributed by atoms with Gasteiger partial charge >= 0.3 is 0 Å². The summed E-state index contributed by atoms with van der Waals surface area (Å²) in [5.74, 6) is 1.28. The first-order valence-corrected chi connectivity index (χ1v) is 10.9. The van der Waals surface area contributed by atoms with Crippen LogP contribution in [0, 0.1) is 11.7 Å². The van der Waals surface area contributed by atoms with Crippen LogP contribution in [0.2, 0.25) is 0 Å². The van der Waals surface area contributed by atoms with Crippen LogP contribution in [0.3, 0.4) is 0 Å². The molecule has 1 saturated heterocycles. The second-order valence-electron chi connectivity index (χ2n) is 8.36. The summed E-state index contributed by atoms with van der Waals surface area (Å²) in [5, 5.41) is 4.71. The number of nitrogens with zero attached hydrogens (tertiary/aromatic N) is 3. The van der Waals surface area contributed by atoms with Gasteiger partial charge in [-0.15, -0.1) is 0 Å². The minimum absolute atomic E-state index is 0.0466. The van der Waals surface area contributed by atoms with Crippen molar-refractivity contribution >= 4 is 0 Å². The second kappa shape index (κ2) is 9.72. The van der Waals surface area contributed by atoms with E-state index < -0.39 is 0 Å². The van der Waals surface area contributed by atoms with E-state index in [9.17, 15) is 4.39 Å². The normalized spacial score (nSPS) is 21.4. The zero-order chi connectivity index (χ0) is 20.1. The van der Waals surface area contributed by atoms with Crippen molar-refractivity contribution in [1.29, 1.82) is 0 Å². The highest BCUT2D eigenvalue weighted by Crippen LogP contribution is 2.27. The fourth-order valence-electron chi connectivity index (χ4n) is 4.51. The number of benzene rings is 1. The minimum Gasteiger partial charge on any atom is -0.493 e. The van der Waals surface area contributed by atoms with Gasteiger partial charge in [-0.2, -0.15) is 5.10 Å². The summed E-state index contributed by atoms with van der Waals surface area (Å²) in [6.07, 6.45) is 7.74. The van der Waals surface area contributed by atoms with Gasteiger partial charge in [0.15, 0.2) is 0 Å². The zero-order valence-corrected chi connectivity index (χ0v) is 17.4. The highest BCUT2D eigenvalue weighted by atomic mass is 19.1. The topological polar surface area (TPSA) is 39.5 Å². The lowest BCUT2D eigenvalue weighted by atomic mass is 9.89. The van der Waals surface area contributed by atoms with Gasteiger partial charge in [0.2, 0.25) is 0 Å². The largest absolute Gasteiger partial charge is 0.493 e.